The molecule has 6 nitrogen and oxygen atoms in total. The van der Waals surface area contributed by atoms with Gasteiger partial charge < -0.3 is 15.3 Å². The van der Waals surface area contributed by atoms with E-state index in [0.717, 1.165) is 22.9 Å². The van der Waals surface area contributed by atoms with E-state index in [1.807, 2.05) is 61.5 Å². The van der Waals surface area contributed by atoms with Crippen LogP contribution >= 0.6 is 0 Å². The molecule has 0 aliphatic rings. The van der Waals surface area contributed by atoms with Crippen molar-refractivity contribution in [1.29, 1.82) is 0 Å². The van der Waals surface area contributed by atoms with Crippen LogP contribution in [-0.4, -0.2) is 53.1 Å². The van der Waals surface area contributed by atoms with Gasteiger partial charge in [0.2, 0.25) is 5.95 Å². The summed E-state index contributed by atoms with van der Waals surface area (Å²) < 4.78 is 0. The van der Waals surface area contributed by atoms with Crippen molar-refractivity contribution in [2.45, 2.75) is 0 Å². The van der Waals surface area contributed by atoms with Crippen LogP contribution in [0.4, 0.5) is 5.95 Å². The van der Waals surface area contributed by atoms with E-state index in [2.05, 4.69) is 15.3 Å². The van der Waals surface area contributed by atoms with Gasteiger partial charge in [-0.05, 0) is 36.5 Å². The second-order valence-electron chi connectivity index (χ2n) is 6.05. The van der Waals surface area contributed by atoms with Crippen molar-refractivity contribution >= 4 is 22.7 Å². The summed E-state index contributed by atoms with van der Waals surface area (Å²) >= 11 is 0. The Hall–Kier alpha value is -2.99. The van der Waals surface area contributed by atoms with E-state index in [1.165, 1.54) is 0 Å². The zero-order chi connectivity index (χ0) is 17.8. The number of nitrogens with zero attached hydrogens (tertiary/aromatic N) is 3. The van der Waals surface area contributed by atoms with Crippen LogP contribution in [0, 0.1) is 0 Å². The summed E-state index contributed by atoms with van der Waals surface area (Å²) in [7, 11) is 3.93. The Balaban J connectivity index is 1.95. The van der Waals surface area contributed by atoms with Crippen molar-refractivity contribution in [3.05, 3.63) is 54.4 Å². The van der Waals surface area contributed by atoms with Gasteiger partial charge in [-0.25, -0.2) is 14.8 Å². The van der Waals surface area contributed by atoms with Crippen LogP contribution in [0.15, 0.2) is 48.7 Å². The summed E-state index contributed by atoms with van der Waals surface area (Å²) in [6, 6.07) is 13.8. The fourth-order valence-corrected chi connectivity index (χ4v) is 2.59. The van der Waals surface area contributed by atoms with E-state index in [1.54, 1.807) is 6.20 Å². The Morgan fingerprint density at radius 3 is 2.64 bits per heavy atom. The lowest BCUT2D eigenvalue weighted by Gasteiger charge is -2.12. The van der Waals surface area contributed by atoms with Gasteiger partial charge in [-0.1, -0.05) is 36.4 Å². The third-order valence-corrected chi connectivity index (χ3v) is 3.89. The Morgan fingerprint density at radius 1 is 1.16 bits per heavy atom. The maximum absolute atomic E-state index is 11.7. The maximum atomic E-state index is 11.7. The predicted molar refractivity (Wildman–Crippen MR) is 99.0 cm³/mol. The molecule has 3 rings (SSSR count). The normalized spacial score (nSPS) is 11.0. The van der Waals surface area contributed by atoms with Gasteiger partial charge in [-0.15, -0.1) is 0 Å². The van der Waals surface area contributed by atoms with Gasteiger partial charge in [-0.3, -0.25) is 0 Å². The highest BCUT2D eigenvalue weighted by Gasteiger charge is 2.16. The lowest BCUT2D eigenvalue weighted by atomic mass is 10.0. The van der Waals surface area contributed by atoms with Crippen molar-refractivity contribution < 1.29 is 9.90 Å². The molecule has 1 aromatic heterocycles. The van der Waals surface area contributed by atoms with Gasteiger partial charge in [0.05, 0.1) is 0 Å². The molecule has 0 atom stereocenters. The molecule has 0 radical (unpaired) electrons. The van der Waals surface area contributed by atoms with Crippen LogP contribution < -0.4 is 5.32 Å². The van der Waals surface area contributed by atoms with E-state index < -0.39 is 5.97 Å². The first kappa shape index (κ1) is 16.9. The Bertz CT molecular complexity index is 909. The molecular formula is C19H20N4O2. The molecule has 6 heteroatoms. The Labute approximate surface area is 146 Å². The number of hydrogen-bond donors (Lipinski definition) is 2. The Kier molecular flexibility index (Phi) is 4.90. The molecule has 0 spiro atoms. The average Bonchev–Trinajstić information content (AvgIpc) is 2.61. The molecule has 0 aliphatic carbocycles. The SMILES string of the molecule is CN(C)CCNc1ncc(-c2ccc3ccccc3c2)c(C(=O)O)n1. The average molecular weight is 336 g/mol. The lowest BCUT2D eigenvalue weighted by molar-refractivity contribution is 0.0691. The van der Waals surface area contributed by atoms with Crippen molar-refractivity contribution in [3.63, 3.8) is 0 Å². The van der Waals surface area contributed by atoms with Crippen molar-refractivity contribution in [3.8, 4) is 11.1 Å². The van der Waals surface area contributed by atoms with Gasteiger partial charge in [0.1, 0.15) is 0 Å². The quantitative estimate of drug-likeness (QED) is 0.720. The molecule has 0 amide bonds. The summed E-state index contributed by atoms with van der Waals surface area (Å²) in [5.74, 6) is -0.745. The van der Waals surface area contributed by atoms with Gasteiger partial charge in [0, 0.05) is 24.8 Å². The molecule has 0 saturated heterocycles. The number of aromatic carboxylic acids is 1. The fourth-order valence-electron chi connectivity index (χ4n) is 2.59. The maximum Gasteiger partial charge on any atom is 0.355 e. The second kappa shape index (κ2) is 7.27. The minimum absolute atomic E-state index is 0.00219. The van der Waals surface area contributed by atoms with Crippen LogP contribution in [0.25, 0.3) is 21.9 Å². The summed E-state index contributed by atoms with van der Waals surface area (Å²) in [4.78, 5) is 22.1. The molecule has 0 bridgehead atoms. The molecule has 128 valence electrons. The summed E-state index contributed by atoms with van der Waals surface area (Å²) in [5.41, 5.74) is 1.30. The van der Waals surface area contributed by atoms with Crippen molar-refractivity contribution in [2.24, 2.45) is 0 Å². The molecular weight excluding hydrogens is 316 g/mol. The largest absolute Gasteiger partial charge is 0.476 e. The first-order chi connectivity index (χ1) is 12.0. The smallest absolute Gasteiger partial charge is 0.355 e. The van der Waals surface area contributed by atoms with Crippen LogP contribution in [0.5, 0.6) is 0 Å². The van der Waals surface area contributed by atoms with E-state index in [4.69, 9.17) is 0 Å². The molecule has 25 heavy (non-hydrogen) atoms. The summed E-state index contributed by atoms with van der Waals surface area (Å²) in [6.07, 6.45) is 1.57. The molecule has 3 aromatic rings. The number of aromatic nitrogens is 2. The highest BCUT2D eigenvalue weighted by molar-refractivity contribution is 5.96. The van der Waals surface area contributed by atoms with Crippen molar-refractivity contribution in [2.75, 3.05) is 32.5 Å². The molecule has 0 aliphatic heterocycles. The number of benzene rings is 2. The second-order valence-corrected chi connectivity index (χ2v) is 6.05. The van der Waals surface area contributed by atoms with E-state index in [-0.39, 0.29) is 5.69 Å². The highest BCUT2D eigenvalue weighted by atomic mass is 16.4. The molecule has 0 fully saturated rings. The first-order valence-corrected chi connectivity index (χ1v) is 8.03. The first-order valence-electron chi connectivity index (χ1n) is 8.03. The van der Waals surface area contributed by atoms with E-state index in [9.17, 15) is 9.90 Å². The van der Waals surface area contributed by atoms with Gasteiger partial charge >= 0.3 is 5.97 Å². The fraction of sp³-hybridized carbons (Fsp3) is 0.211. The molecule has 1 heterocycles. The third kappa shape index (κ3) is 3.92. The number of carbonyl (C=O) groups is 1. The Morgan fingerprint density at radius 2 is 1.92 bits per heavy atom. The monoisotopic (exact) mass is 336 g/mol. The zero-order valence-electron chi connectivity index (χ0n) is 14.2. The zero-order valence-corrected chi connectivity index (χ0v) is 14.2. The van der Waals surface area contributed by atoms with Crippen molar-refractivity contribution in [1.82, 2.24) is 14.9 Å². The standard InChI is InChI=1S/C19H20N4O2/c1-23(2)10-9-20-19-21-12-16(17(22-19)18(24)25)15-8-7-13-5-3-4-6-14(13)11-15/h3-8,11-12H,9-10H2,1-2H3,(H,24,25)(H,20,21,22). The number of nitrogens with one attached hydrogen (secondary N) is 1. The van der Waals surface area contributed by atoms with Gasteiger partial charge in [0.15, 0.2) is 5.69 Å². The number of hydrogen-bond acceptors (Lipinski definition) is 5. The third-order valence-electron chi connectivity index (χ3n) is 3.89. The van der Waals surface area contributed by atoms with Crippen LogP contribution in [-0.2, 0) is 0 Å². The van der Waals surface area contributed by atoms with Crippen LogP contribution in [0.1, 0.15) is 10.5 Å². The molecule has 0 saturated carbocycles. The number of carboxylic acid groups (broad SMARTS) is 1. The molecule has 2 aromatic carbocycles. The minimum atomic E-state index is -1.07. The topological polar surface area (TPSA) is 78.4 Å². The summed E-state index contributed by atoms with van der Waals surface area (Å²) in [5, 5.41) is 14.8. The number of anilines is 1. The minimum Gasteiger partial charge on any atom is -0.476 e. The summed E-state index contributed by atoms with van der Waals surface area (Å²) in [6.45, 7) is 1.44. The van der Waals surface area contributed by atoms with Gasteiger partial charge in [-0.2, -0.15) is 0 Å². The van der Waals surface area contributed by atoms with Crippen LogP contribution in [0.2, 0.25) is 0 Å². The van der Waals surface area contributed by atoms with Gasteiger partial charge in [0.25, 0.3) is 0 Å². The van der Waals surface area contributed by atoms with E-state index >= 15 is 0 Å². The number of rotatable bonds is 6. The molecule has 0 unspecified atom stereocenters. The lowest BCUT2D eigenvalue weighted by Crippen LogP contribution is -2.22. The number of carboxylic acids is 1. The number of fused-ring (bicyclic) bond motifs is 1. The molecule has 2 N–H and O–H groups in total. The highest BCUT2D eigenvalue weighted by Crippen LogP contribution is 2.26. The van der Waals surface area contributed by atoms with Crippen LogP contribution in [0.3, 0.4) is 0 Å². The number of likely N-dealkylation sites (N-methyl/N-ethyl adjacent to an activating group) is 1. The van der Waals surface area contributed by atoms with E-state index in [0.29, 0.717) is 18.1 Å². The predicted octanol–water partition coefficient (Wildman–Crippen LogP) is 2.97.